The summed E-state index contributed by atoms with van der Waals surface area (Å²) in [6, 6.07) is 10.0. The van der Waals surface area contributed by atoms with Crippen LogP contribution in [0.1, 0.15) is 21.8 Å². The molecule has 102 valence electrons. The van der Waals surface area contributed by atoms with Crippen LogP contribution in [-0.4, -0.2) is 28.9 Å². The van der Waals surface area contributed by atoms with E-state index >= 15 is 0 Å². The van der Waals surface area contributed by atoms with Crippen LogP contribution in [0.15, 0.2) is 42.5 Å². The SMILES string of the molecule is Cc1sc(-c2ccccc2)nc1C(=O)N1CC=CCC1. The van der Waals surface area contributed by atoms with Crippen molar-refractivity contribution in [2.75, 3.05) is 13.1 Å². The van der Waals surface area contributed by atoms with Crippen molar-refractivity contribution >= 4 is 17.2 Å². The minimum atomic E-state index is 0.0466. The molecule has 0 radical (unpaired) electrons. The van der Waals surface area contributed by atoms with Gasteiger partial charge in [-0.1, -0.05) is 42.5 Å². The van der Waals surface area contributed by atoms with Crippen LogP contribution in [0.25, 0.3) is 10.6 Å². The van der Waals surface area contributed by atoms with Gasteiger partial charge in [0.1, 0.15) is 10.7 Å². The first-order valence-corrected chi connectivity index (χ1v) is 7.54. The van der Waals surface area contributed by atoms with E-state index in [2.05, 4.69) is 11.1 Å². The predicted octanol–water partition coefficient (Wildman–Crippen LogP) is 3.52. The first-order chi connectivity index (χ1) is 9.75. The molecule has 0 atom stereocenters. The quantitative estimate of drug-likeness (QED) is 0.791. The molecule has 0 bridgehead atoms. The lowest BCUT2D eigenvalue weighted by Gasteiger charge is -2.22. The van der Waals surface area contributed by atoms with Crippen molar-refractivity contribution in [2.45, 2.75) is 13.3 Å². The van der Waals surface area contributed by atoms with Gasteiger partial charge in [0.15, 0.2) is 0 Å². The van der Waals surface area contributed by atoms with Crippen molar-refractivity contribution in [1.29, 1.82) is 0 Å². The number of hydrogen-bond acceptors (Lipinski definition) is 3. The lowest BCUT2D eigenvalue weighted by Crippen LogP contribution is -2.34. The van der Waals surface area contributed by atoms with Gasteiger partial charge < -0.3 is 4.90 Å². The zero-order chi connectivity index (χ0) is 13.9. The molecule has 1 aromatic carbocycles. The molecule has 4 heteroatoms. The van der Waals surface area contributed by atoms with Gasteiger partial charge in [-0.05, 0) is 13.3 Å². The Balaban J connectivity index is 1.89. The molecule has 3 rings (SSSR count). The lowest BCUT2D eigenvalue weighted by molar-refractivity contribution is 0.0765. The minimum Gasteiger partial charge on any atom is -0.333 e. The molecular weight excluding hydrogens is 268 g/mol. The van der Waals surface area contributed by atoms with Crippen molar-refractivity contribution in [3.05, 3.63) is 53.1 Å². The summed E-state index contributed by atoms with van der Waals surface area (Å²) >= 11 is 1.58. The highest BCUT2D eigenvalue weighted by atomic mass is 32.1. The summed E-state index contributed by atoms with van der Waals surface area (Å²) in [5.74, 6) is 0.0466. The average Bonchev–Trinajstić information content (AvgIpc) is 2.90. The van der Waals surface area contributed by atoms with Crippen LogP contribution in [0.4, 0.5) is 0 Å². The first kappa shape index (κ1) is 13.1. The smallest absolute Gasteiger partial charge is 0.273 e. The van der Waals surface area contributed by atoms with Crippen LogP contribution in [0.5, 0.6) is 0 Å². The summed E-state index contributed by atoms with van der Waals surface area (Å²) in [6.07, 6.45) is 5.09. The van der Waals surface area contributed by atoms with Gasteiger partial charge in [-0.2, -0.15) is 0 Å². The van der Waals surface area contributed by atoms with E-state index in [0.29, 0.717) is 12.2 Å². The Morgan fingerprint density at radius 3 is 2.75 bits per heavy atom. The summed E-state index contributed by atoms with van der Waals surface area (Å²) in [6.45, 7) is 3.45. The van der Waals surface area contributed by atoms with Gasteiger partial charge in [-0.3, -0.25) is 4.79 Å². The van der Waals surface area contributed by atoms with Crippen LogP contribution in [0.2, 0.25) is 0 Å². The molecule has 1 amide bonds. The molecule has 0 fully saturated rings. The van der Waals surface area contributed by atoms with Gasteiger partial charge in [0.2, 0.25) is 0 Å². The number of thiazole rings is 1. The van der Waals surface area contributed by atoms with Crippen molar-refractivity contribution < 1.29 is 4.79 Å². The van der Waals surface area contributed by atoms with Crippen LogP contribution in [-0.2, 0) is 0 Å². The summed E-state index contributed by atoms with van der Waals surface area (Å²) in [7, 11) is 0. The topological polar surface area (TPSA) is 33.2 Å². The first-order valence-electron chi connectivity index (χ1n) is 6.73. The van der Waals surface area contributed by atoms with Crippen molar-refractivity contribution in [1.82, 2.24) is 9.88 Å². The third-order valence-electron chi connectivity index (χ3n) is 3.37. The molecule has 0 saturated carbocycles. The monoisotopic (exact) mass is 284 g/mol. The summed E-state index contributed by atoms with van der Waals surface area (Å²) in [5, 5.41) is 0.916. The molecule has 1 aromatic heterocycles. The number of carbonyl (C=O) groups excluding carboxylic acids is 1. The highest BCUT2D eigenvalue weighted by Crippen LogP contribution is 2.28. The number of amides is 1. The second-order valence-electron chi connectivity index (χ2n) is 4.80. The Morgan fingerprint density at radius 1 is 1.25 bits per heavy atom. The van der Waals surface area contributed by atoms with E-state index in [4.69, 9.17) is 0 Å². The average molecular weight is 284 g/mol. The fourth-order valence-electron chi connectivity index (χ4n) is 2.27. The van der Waals surface area contributed by atoms with E-state index < -0.39 is 0 Å². The molecule has 3 nitrogen and oxygen atoms in total. The number of carbonyl (C=O) groups is 1. The minimum absolute atomic E-state index is 0.0466. The second kappa shape index (κ2) is 5.59. The number of aryl methyl sites for hydroxylation is 1. The van der Waals surface area contributed by atoms with Crippen LogP contribution < -0.4 is 0 Å². The molecule has 1 aliphatic heterocycles. The maximum atomic E-state index is 12.5. The van der Waals surface area contributed by atoms with Crippen molar-refractivity contribution in [2.24, 2.45) is 0 Å². The third kappa shape index (κ3) is 2.51. The van der Waals surface area contributed by atoms with E-state index in [1.807, 2.05) is 48.2 Å². The molecule has 20 heavy (non-hydrogen) atoms. The Kier molecular flexibility index (Phi) is 3.65. The molecular formula is C16H16N2OS. The number of rotatable bonds is 2. The fraction of sp³-hybridized carbons (Fsp3) is 0.250. The van der Waals surface area contributed by atoms with E-state index in [1.165, 1.54) is 0 Å². The number of aromatic nitrogens is 1. The van der Waals surface area contributed by atoms with Gasteiger partial charge in [0.05, 0.1) is 0 Å². The van der Waals surface area contributed by atoms with E-state index in [-0.39, 0.29) is 5.91 Å². The molecule has 0 N–H and O–H groups in total. The van der Waals surface area contributed by atoms with Crippen LogP contribution >= 0.6 is 11.3 Å². The van der Waals surface area contributed by atoms with Crippen molar-refractivity contribution in [3.63, 3.8) is 0 Å². The molecule has 0 saturated heterocycles. The zero-order valence-corrected chi connectivity index (χ0v) is 12.2. The maximum Gasteiger partial charge on any atom is 0.273 e. The van der Waals surface area contributed by atoms with Gasteiger partial charge in [-0.15, -0.1) is 11.3 Å². The molecule has 0 unspecified atom stereocenters. The van der Waals surface area contributed by atoms with E-state index in [9.17, 15) is 4.79 Å². The standard InChI is InChI=1S/C16H16N2OS/c1-12-14(16(19)18-10-6-3-7-11-18)17-15(20-12)13-8-4-2-5-9-13/h2-6,8-9H,7,10-11H2,1H3. The predicted molar refractivity (Wildman–Crippen MR) is 81.9 cm³/mol. The Labute approximate surface area is 122 Å². The number of hydrogen-bond donors (Lipinski definition) is 0. The summed E-state index contributed by atoms with van der Waals surface area (Å²) < 4.78 is 0. The second-order valence-corrected chi connectivity index (χ2v) is 6.00. The van der Waals surface area contributed by atoms with Gasteiger partial charge >= 0.3 is 0 Å². The van der Waals surface area contributed by atoms with Gasteiger partial charge in [0.25, 0.3) is 5.91 Å². The Hall–Kier alpha value is -1.94. The normalized spacial score (nSPS) is 14.6. The number of benzene rings is 1. The Morgan fingerprint density at radius 2 is 2.05 bits per heavy atom. The van der Waals surface area contributed by atoms with E-state index in [1.54, 1.807) is 11.3 Å². The van der Waals surface area contributed by atoms with Crippen molar-refractivity contribution in [3.8, 4) is 10.6 Å². The molecule has 0 aliphatic carbocycles. The van der Waals surface area contributed by atoms with Crippen LogP contribution in [0.3, 0.4) is 0 Å². The highest BCUT2D eigenvalue weighted by Gasteiger charge is 2.22. The largest absolute Gasteiger partial charge is 0.333 e. The molecule has 1 aliphatic rings. The molecule has 2 aromatic rings. The molecule has 2 heterocycles. The Bertz CT molecular complexity index is 646. The zero-order valence-electron chi connectivity index (χ0n) is 11.4. The summed E-state index contributed by atoms with van der Waals surface area (Å²) in [5.41, 5.74) is 1.67. The van der Waals surface area contributed by atoms with Gasteiger partial charge in [-0.25, -0.2) is 4.98 Å². The fourth-order valence-corrected chi connectivity index (χ4v) is 3.19. The number of nitrogens with zero attached hydrogens (tertiary/aromatic N) is 2. The summed E-state index contributed by atoms with van der Waals surface area (Å²) in [4.78, 5) is 19.9. The lowest BCUT2D eigenvalue weighted by atomic mass is 10.2. The third-order valence-corrected chi connectivity index (χ3v) is 4.39. The highest BCUT2D eigenvalue weighted by molar-refractivity contribution is 7.15. The van der Waals surface area contributed by atoms with E-state index in [0.717, 1.165) is 28.4 Å². The maximum absolute atomic E-state index is 12.5. The van der Waals surface area contributed by atoms with Crippen LogP contribution in [0, 0.1) is 6.92 Å². The molecule has 0 spiro atoms. The van der Waals surface area contributed by atoms with Gasteiger partial charge in [0, 0.05) is 23.5 Å².